The van der Waals surface area contributed by atoms with E-state index in [1.165, 1.54) is 37.3 Å². The number of anilines is 1. The van der Waals surface area contributed by atoms with Crippen LogP contribution in [0.25, 0.3) is 22.6 Å². The van der Waals surface area contributed by atoms with E-state index in [0.717, 1.165) is 11.1 Å². The highest BCUT2D eigenvalue weighted by atomic mass is 16.5. The summed E-state index contributed by atoms with van der Waals surface area (Å²) in [4.78, 5) is 61.5. The van der Waals surface area contributed by atoms with E-state index in [1.54, 1.807) is 31.2 Å². The fourth-order valence-corrected chi connectivity index (χ4v) is 7.91. The second-order valence-corrected chi connectivity index (χ2v) is 12.5. The minimum atomic E-state index is -0.794. The molecule has 2 amide bonds. The zero-order valence-electron chi connectivity index (χ0n) is 26.4. The summed E-state index contributed by atoms with van der Waals surface area (Å²) in [6, 6.07) is 17.3. The summed E-state index contributed by atoms with van der Waals surface area (Å²) >= 11 is 0. The molecule has 0 saturated carbocycles. The molecule has 4 aromatic rings. The number of phenols is 1. The summed E-state index contributed by atoms with van der Waals surface area (Å²) < 4.78 is 17.3. The number of benzene rings is 3. The number of oxazole rings is 1. The van der Waals surface area contributed by atoms with E-state index in [2.05, 4.69) is 4.98 Å². The number of aromatic hydroxyl groups is 1. The minimum absolute atomic E-state index is 0.0943. The number of amides is 2. The molecule has 1 aliphatic heterocycles. The Bertz CT molecular complexity index is 2130. The van der Waals surface area contributed by atoms with Crippen molar-refractivity contribution in [1.82, 2.24) is 4.98 Å². The van der Waals surface area contributed by atoms with Crippen molar-refractivity contribution in [1.29, 1.82) is 0 Å². The largest absolute Gasteiger partial charge is 0.508 e. The number of nitrogens with zero attached hydrogens (tertiary/aromatic N) is 2. The van der Waals surface area contributed by atoms with E-state index in [0.29, 0.717) is 45.0 Å². The number of rotatable bonds is 5. The lowest BCUT2D eigenvalue weighted by molar-refractivity contribution is -0.123. The van der Waals surface area contributed by atoms with Gasteiger partial charge in [-0.05, 0) is 68.2 Å². The third-order valence-corrected chi connectivity index (χ3v) is 10.0. The third-order valence-electron chi connectivity index (χ3n) is 10.0. The van der Waals surface area contributed by atoms with Gasteiger partial charge in [0.25, 0.3) is 0 Å². The summed E-state index contributed by atoms with van der Waals surface area (Å²) in [5.74, 6) is -3.09. The van der Waals surface area contributed by atoms with Crippen molar-refractivity contribution < 1.29 is 38.2 Å². The number of carbonyl (C=O) groups is 4. The maximum absolute atomic E-state index is 14.4. The highest BCUT2D eigenvalue weighted by Gasteiger charge is 2.57. The highest BCUT2D eigenvalue weighted by molar-refractivity contribution is 6.25. The van der Waals surface area contributed by atoms with Crippen LogP contribution >= 0.6 is 0 Å². The maximum Gasteiger partial charge on any atom is 0.238 e. The number of fused-ring (bicyclic) bond motifs is 4. The summed E-state index contributed by atoms with van der Waals surface area (Å²) in [6.45, 7) is 1.61. The fraction of sp³-hybridized carbons (Fsp3) is 0.237. The van der Waals surface area contributed by atoms with E-state index in [1.807, 2.05) is 30.3 Å². The summed E-state index contributed by atoms with van der Waals surface area (Å²) in [5, 5.41) is 10.4. The number of phenolic OH excluding ortho intramolecular Hbond substituents is 1. The quantitative estimate of drug-likeness (QED) is 0.161. The fourth-order valence-electron chi connectivity index (χ4n) is 7.91. The average molecular weight is 643 g/mol. The Morgan fingerprint density at radius 2 is 1.62 bits per heavy atom. The monoisotopic (exact) mass is 642 g/mol. The van der Waals surface area contributed by atoms with Gasteiger partial charge in [0.15, 0.2) is 17.1 Å². The number of allylic oxidation sites excluding steroid dienone is 6. The highest BCUT2D eigenvalue weighted by Crippen LogP contribution is 2.58. The number of hydrogen-bond donors (Lipinski definition) is 1. The minimum Gasteiger partial charge on any atom is -0.508 e. The molecule has 1 N–H and O–H groups in total. The zero-order chi connectivity index (χ0) is 33.4. The van der Waals surface area contributed by atoms with Crippen molar-refractivity contribution in [3.8, 4) is 28.7 Å². The van der Waals surface area contributed by atoms with Crippen LogP contribution in [-0.4, -0.2) is 47.7 Å². The molecule has 0 radical (unpaired) electrons. The predicted molar refractivity (Wildman–Crippen MR) is 174 cm³/mol. The molecule has 4 atom stereocenters. The van der Waals surface area contributed by atoms with Gasteiger partial charge in [-0.25, -0.2) is 4.98 Å². The van der Waals surface area contributed by atoms with Crippen molar-refractivity contribution in [2.45, 2.75) is 25.7 Å². The number of Topliss-reactive ketones (excluding diaryl/α,β-unsaturated/α-hetero) is 1. The number of aromatic nitrogens is 1. The van der Waals surface area contributed by atoms with Crippen molar-refractivity contribution in [2.75, 3.05) is 19.1 Å². The lowest BCUT2D eigenvalue weighted by atomic mass is 9.59. The second-order valence-electron chi connectivity index (χ2n) is 12.5. The Morgan fingerprint density at radius 3 is 2.31 bits per heavy atom. The number of ether oxygens (including phenoxy) is 2. The van der Waals surface area contributed by atoms with Crippen molar-refractivity contribution in [3.63, 3.8) is 0 Å². The van der Waals surface area contributed by atoms with Crippen LogP contribution in [-0.2, 0) is 19.2 Å². The van der Waals surface area contributed by atoms with Crippen LogP contribution in [0.5, 0.6) is 17.2 Å². The molecule has 1 fully saturated rings. The molecule has 1 saturated heterocycles. The molecule has 240 valence electrons. The van der Waals surface area contributed by atoms with E-state index in [9.17, 15) is 24.3 Å². The first-order chi connectivity index (χ1) is 23.2. The Morgan fingerprint density at radius 1 is 0.917 bits per heavy atom. The number of methoxy groups -OCH3 is 2. The topological polar surface area (TPSA) is 136 Å². The molecule has 10 nitrogen and oxygen atoms in total. The predicted octanol–water partition coefficient (Wildman–Crippen LogP) is 5.85. The Balaban J connectivity index is 1.20. The normalized spacial score (nSPS) is 23.5. The number of para-hydroxylation sites is 2. The number of hydrogen-bond acceptors (Lipinski definition) is 9. The van der Waals surface area contributed by atoms with Gasteiger partial charge in [-0.3, -0.25) is 24.1 Å². The lowest BCUT2D eigenvalue weighted by Gasteiger charge is -2.42. The Hall–Kier alpha value is -5.77. The molecule has 2 heterocycles. The van der Waals surface area contributed by atoms with Crippen LogP contribution in [0.15, 0.2) is 99.5 Å². The SMILES string of the molecule is COc1cc(O)cc(OC)c1[C@H]1C2=CC[C@@H]3C(=O)N(c4ccc(-c5nc6ccccc6o5)cc4)C(=O)[C@@H]3[C@@H]2CC2=C1C(=O)C(C)=CC2=O. The molecule has 0 spiro atoms. The molecular weight excluding hydrogens is 612 g/mol. The first-order valence-electron chi connectivity index (χ1n) is 15.7. The molecular formula is C38H30N2O8. The van der Waals surface area contributed by atoms with Gasteiger partial charge in [0.1, 0.15) is 22.8 Å². The molecule has 3 aromatic carbocycles. The first kappa shape index (κ1) is 29.6. The number of carbonyl (C=O) groups excluding carboxylic acids is 4. The molecule has 0 bridgehead atoms. The maximum atomic E-state index is 14.4. The van der Waals surface area contributed by atoms with Gasteiger partial charge in [-0.1, -0.05) is 23.8 Å². The first-order valence-corrected chi connectivity index (χ1v) is 15.7. The standard InChI is InChI=1S/C38H30N2O8/c1-18-14-27(42)25-17-24-22(32(33(25)35(18)43)34-29(46-2)15-21(41)16-30(34)47-3)12-13-23-31(24)38(45)40(37(23)44)20-10-8-19(9-11-20)36-39-26-6-4-5-7-28(26)48-36/h4-12,14-16,23-24,31-32,41H,13,17H2,1-3H3/t23-,24+,31-,32-/m0/s1. The smallest absolute Gasteiger partial charge is 0.238 e. The molecule has 10 heteroatoms. The number of imide groups is 1. The van der Waals surface area contributed by atoms with Gasteiger partial charge in [0.2, 0.25) is 17.7 Å². The summed E-state index contributed by atoms with van der Waals surface area (Å²) in [7, 11) is 2.90. The van der Waals surface area contributed by atoms with Gasteiger partial charge in [-0.2, -0.15) is 0 Å². The molecule has 3 aliphatic carbocycles. The lowest BCUT2D eigenvalue weighted by Crippen LogP contribution is -2.40. The van der Waals surface area contributed by atoms with Crippen LogP contribution in [0.2, 0.25) is 0 Å². The van der Waals surface area contributed by atoms with Crippen LogP contribution in [0.3, 0.4) is 0 Å². The molecule has 8 rings (SSSR count). The van der Waals surface area contributed by atoms with Gasteiger partial charge in [0, 0.05) is 45.9 Å². The van der Waals surface area contributed by atoms with Gasteiger partial charge in [0.05, 0.1) is 31.7 Å². The van der Waals surface area contributed by atoms with E-state index in [4.69, 9.17) is 13.9 Å². The van der Waals surface area contributed by atoms with Crippen molar-refractivity contribution in [2.24, 2.45) is 17.8 Å². The Kier molecular flexibility index (Phi) is 6.73. The van der Waals surface area contributed by atoms with Crippen LogP contribution in [0, 0.1) is 17.8 Å². The molecule has 0 unspecified atom stereocenters. The second kappa shape index (κ2) is 10.9. The summed E-state index contributed by atoms with van der Waals surface area (Å²) in [6.07, 6.45) is 3.68. The zero-order valence-corrected chi connectivity index (χ0v) is 26.4. The Labute approximate surface area is 275 Å². The summed E-state index contributed by atoms with van der Waals surface area (Å²) in [5.41, 5.74) is 4.68. The van der Waals surface area contributed by atoms with E-state index >= 15 is 0 Å². The van der Waals surface area contributed by atoms with Crippen molar-refractivity contribution >= 4 is 40.2 Å². The van der Waals surface area contributed by atoms with Crippen LogP contribution < -0.4 is 14.4 Å². The van der Waals surface area contributed by atoms with E-state index < -0.39 is 23.7 Å². The van der Waals surface area contributed by atoms with Crippen molar-refractivity contribution in [3.05, 3.63) is 101 Å². The third kappa shape index (κ3) is 4.28. The van der Waals surface area contributed by atoms with Gasteiger partial charge < -0.3 is 19.0 Å². The van der Waals surface area contributed by atoms with Gasteiger partial charge >= 0.3 is 0 Å². The van der Waals surface area contributed by atoms with Crippen LogP contribution in [0.4, 0.5) is 5.69 Å². The molecule has 4 aliphatic rings. The molecule has 48 heavy (non-hydrogen) atoms. The molecule has 1 aromatic heterocycles. The van der Waals surface area contributed by atoms with Crippen LogP contribution in [0.1, 0.15) is 31.2 Å². The van der Waals surface area contributed by atoms with E-state index in [-0.39, 0.29) is 53.5 Å². The average Bonchev–Trinajstić information content (AvgIpc) is 3.64. The number of ketones is 2. The van der Waals surface area contributed by atoms with Gasteiger partial charge in [-0.15, -0.1) is 0 Å².